The van der Waals surface area contributed by atoms with Crippen molar-refractivity contribution in [2.45, 2.75) is 52.5 Å². The van der Waals surface area contributed by atoms with E-state index in [2.05, 4.69) is 37.6 Å². The van der Waals surface area contributed by atoms with Gasteiger partial charge in [0.05, 0.1) is 5.56 Å². The Labute approximate surface area is 104 Å². The van der Waals surface area contributed by atoms with Gasteiger partial charge >= 0.3 is 0 Å². The first-order valence-electron chi connectivity index (χ1n) is 6.42. The van der Waals surface area contributed by atoms with Gasteiger partial charge in [0.25, 0.3) is 5.91 Å². The Morgan fingerprint density at radius 1 is 1.35 bits per heavy atom. The lowest BCUT2D eigenvalue weighted by Crippen LogP contribution is -2.24. The maximum atomic E-state index is 11.8. The lowest BCUT2D eigenvalue weighted by atomic mass is 10.1. The maximum absolute atomic E-state index is 11.8. The van der Waals surface area contributed by atoms with Crippen LogP contribution in [0.15, 0.2) is 18.5 Å². The molecule has 0 atom stereocenters. The minimum atomic E-state index is 0.0285. The van der Waals surface area contributed by atoms with Crippen LogP contribution in [0.25, 0.3) is 0 Å². The highest BCUT2D eigenvalue weighted by Crippen LogP contribution is 2.15. The average molecular weight is 236 g/mol. The Morgan fingerprint density at radius 3 is 2.59 bits per heavy atom. The second-order valence-electron chi connectivity index (χ2n) is 5.44. The van der Waals surface area contributed by atoms with Crippen LogP contribution in [0.5, 0.6) is 0 Å². The van der Waals surface area contributed by atoms with Gasteiger partial charge < -0.3 is 9.88 Å². The number of aromatic nitrogens is 1. The first-order valence-corrected chi connectivity index (χ1v) is 6.42. The highest BCUT2D eigenvalue weighted by atomic mass is 16.1. The summed E-state index contributed by atoms with van der Waals surface area (Å²) in [7, 11) is 0. The quantitative estimate of drug-likeness (QED) is 0.783. The van der Waals surface area contributed by atoms with Gasteiger partial charge in [0.2, 0.25) is 0 Å². The van der Waals surface area contributed by atoms with Gasteiger partial charge in [0, 0.05) is 24.5 Å². The van der Waals surface area contributed by atoms with Crippen molar-refractivity contribution in [1.29, 1.82) is 0 Å². The van der Waals surface area contributed by atoms with Crippen LogP contribution in [0.2, 0.25) is 0 Å². The molecular formula is C14H24N2O. The molecule has 1 aromatic rings. The largest absolute Gasteiger partial charge is 0.352 e. The molecule has 0 unspecified atom stereocenters. The van der Waals surface area contributed by atoms with E-state index in [4.69, 9.17) is 0 Å². The van der Waals surface area contributed by atoms with Gasteiger partial charge in [-0.2, -0.15) is 0 Å². The number of carbonyl (C=O) groups excluding carboxylic acids is 1. The molecule has 1 N–H and O–H groups in total. The van der Waals surface area contributed by atoms with Gasteiger partial charge in [-0.15, -0.1) is 0 Å². The molecule has 0 fully saturated rings. The monoisotopic (exact) mass is 236 g/mol. The predicted octanol–water partition coefficient (Wildman–Crippen LogP) is 3.16. The summed E-state index contributed by atoms with van der Waals surface area (Å²) in [5.41, 5.74) is 0.775. The molecule has 0 aromatic carbocycles. The van der Waals surface area contributed by atoms with Gasteiger partial charge in [-0.25, -0.2) is 0 Å². The fourth-order valence-corrected chi connectivity index (χ4v) is 1.63. The lowest BCUT2D eigenvalue weighted by Gasteiger charge is -2.20. The van der Waals surface area contributed by atoms with E-state index in [1.807, 2.05) is 18.5 Å². The molecular weight excluding hydrogens is 212 g/mol. The van der Waals surface area contributed by atoms with Crippen LogP contribution in [-0.4, -0.2) is 17.0 Å². The summed E-state index contributed by atoms with van der Waals surface area (Å²) in [5.74, 6) is 0.0316. The summed E-state index contributed by atoms with van der Waals surface area (Å²) in [6, 6.07) is 1.88. The maximum Gasteiger partial charge on any atom is 0.252 e. The summed E-state index contributed by atoms with van der Waals surface area (Å²) in [5, 5.41) is 2.95. The second kappa shape index (κ2) is 5.89. The molecule has 3 heteroatoms. The van der Waals surface area contributed by atoms with Crippen molar-refractivity contribution < 1.29 is 4.79 Å². The van der Waals surface area contributed by atoms with Crippen molar-refractivity contribution in [2.24, 2.45) is 0 Å². The van der Waals surface area contributed by atoms with E-state index in [0.29, 0.717) is 0 Å². The summed E-state index contributed by atoms with van der Waals surface area (Å²) in [6.45, 7) is 9.29. The third-order valence-electron chi connectivity index (χ3n) is 2.80. The molecule has 17 heavy (non-hydrogen) atoms. The van der Waals surface area contributed by atoms with E-state index in [1.165, 1.54) is 12.8 Å². The molecule has 1 amide bonds. The third-order valence-corrected chi connectivity index (χ3v) is 2.80. The summed E-state index contributed by atoms with van der Waals surface area (Å²) < 4.78 is 2.06. The fourth-order valence-electron chi connectivity index (χ4n) is 1.63. The van der Waals surface area contributed by atoms with E-state index in [-0.39, 0.29) is 11.4 Å². The molecule has 3 nitrogen and oxygen atoms in total. The first-order chi connectivity index (χ1) is 7.95. The van der Waals surface area contributed by atoms with Crippen LogP contribution in [-0.2, 0) is 5.54 Å². The third kappa shape index (κ3) is 4.25. The normalized spacial score (nSPS) is 11.5. The molecule has 0 aliphatic carbocycles. The standard InChI is InChI=1S/C14H24N2O/c1-5-6-7-9-15-13(17)12-8-10-16(11-12)14(2,3)4/h8,10-11H,5-7,9H2,1-4H3,(H,15,17). The molecule has 0 bridgehead atoms. The zero-order chi connectivity index (χ0) is 12.9. The zero-order valence-corrected chi connectivity index (χ0v) is 11.4. The van der Waals surface area contributed by atoms with Gasteiger partial charge in [-0.3, -0.25) is 4.79 Å². The van der Waals surface area contributed by atoms with Crippen LogP contribution in [0.3, 0.4) is 0 Å². The molecule has 0 spiro atoms. The van der Waals surface area contributed by atoms with Gasteiger partial charge in [-0.05, 0) is 33.3 Å². The van der Waals surface area contributed by atoms with Gasteiger partial charge in [0.15, 0.2) is 0 Å². The Bertz CT molecular complexity index is 361. The Hall–Kier alpha value is -1.25. The second-order valence-corrected chi connectivity index (χ2v) is 5.44. The number of unbranched alkanes of at least 4 members (excludes halogenated alkanes) is 2. The van der Waals surface area contributed by atoms with Crippen molar-refractivity contribution in [3.8, 4) is 0 Å². The highest BCUT2D eigenvalue weighted by molar-refractivity contribution is 5.94. The summed E-state index contributed by atoms with van der Waals surface area (Å²) in [4.78, 5) is 11.8. The topological polar surface area (TPSA) is 34.0 Å². The molecule has 1 heterocycles. The molecule has 0 saturated carbocycles. The summed E-state index contributed by atoms with van der Waals surface area (Å²) >= 11 is 0. The smallest absolute Gasteiger partial charge is 0.252 e. The fraction of sp³-hybridized carbons (Fsp3) is 0.643. The van der Waals surface area contributed by atoms with Crippen LogP contribution < -0.4 is 5.32 Å². The SMILES string of the molecule is CCCCCNC(=O)c1ccn(C(C)(C)C)c1. The zero-order valence-electron chi connectivity index (χ0n) is 11.4. The van der Waals surface area contributed by atoms with Crippen molar-refractivity contribution in [3.05, 3.63) is 24.0 Å². The predicted molar refractivity (Wildman–Crippen MR) is 71.3 cm³/mol. The van der Waals surface area contributed by atoms with Gasteiger partial charge in [-0.1, -0.05) is 19.8 Å². The Morgan fingerprint density at radius 2 is 2.06 bits per heavy atom. The van der Waals surface area contributed by atoms with Crippen LogP contribution in [0.4, 0.5) is 0 Å². The van der Waals surface area contributed by atoms with Crippen molar-refractivity contribution in [2.75, 3.05) is 6.54 Å². The molecule has 0 saturated heterocycles. The highest BCUT2D eigenvalue weighted by Gasteiger charge is 2.14. The van der Waals surface area contributed by atoms with E-state index in [9.17, 15) is 4.79 Å². The minimum absolute atomic E-state index is 0.0285. The average Bonchev–Trinajstić information content (AvgIpc) is 2.72. The van der Waals surface area contributed by atoms with Crippen LogP contribution >= 0.6 is 0 Å². The van der Waals surface area contributed by atoms with Gasteiger partial charge in [0.1, 0.15) is 0 Å². The number of carbonyl (C=O) groups is 1. The van der Waals surface area contributed by atoms with Crippen molar-refractivity contribution in [1.82, 2.24) is 9.88 Å². The Kier molecular flexibility index (Phi) is 4.79. The Balaban J connectivity index is 2.50. The molecule has 0 radical (unpaired) electrons. The number of rotatable bonds is 5. The number of nitrogens with one attached hydrogen (secondary N) is 1. The van der Waals surface area contributed by atoms with Crippen molar-refractivity contribution >= 4 is 5.91 Å². The van der Waals surface area contributed by atoms with Crippen LogP contribution in [0.1, 0.15) is 57.3 Å². The summed E-state index contributed by atoms with van der Waals surface area (Å²) in [6.07, 6.45) is 7.28. The molecule has 0 aliphatic heterocycles. The first kappa shape index (κ1) is 13.8. The number of hydrogen-bond donors (Lipinski definition) is 1. The molecule has 1 aromatic heterocycles. The molecule has 96 valence electrons. The minimum Gasteiger partial charge on any atom is -0.352 e. The van der Waals surface area contributed by atoms with E-state index < -0.39 is 0 Å². The van der Waals surface area contributed by atoms with E-state index in [1.54, 1.807) is 0 Å². The van der Waals surface area contributed by atoms with E-state index in [0.717, 1.165) is 18.5 Å². The molecule has 0 aliphatic rings. The number of nitrogens with zero attached hydrogens (tertiary/aromatic N) is 1. The molecule has 1 rings (SSSR count). The number of amides is 1. The van der Waals surface area contributed by atoms with Crippen LogP contribution in [0, 0.1) is 0 Å². The van der Waals surface area contributed by atoms with Crippen molar-refractivity contribution in [3.63, 3.8) is 0 Å². The van der Waals surface area contributed by atoms with E-state index >= 15 is 0 Å². The number of hydrogen-bond acceptors (Lipinski definition) is 1. The lowest BCUT2D eigenvalue weighted by molar-refractivity contribution is 0.0953.